The van der Waals surface area contributed by atoms with Crippen molar-refractivity contribution >= 4 is 17.6 Å². The highest BCUT2D eigenvalue weighted by atomic mass is 35.5. The van der Waals surface area contributed by atoms with Crippen molar-refractivity contribution in [3.63, 3.8) is 0 Å². The average molecular weight is 493 g/mol. The Labute approximate surface area is 215 Å². The zero-order chi connectivity index (χ0) is 25.1. The van der Waals surface area contributed by atoms with Gasteiger partial charge in [-0.3, -0.25) is 0 Å². The Hall–Kier alpha value is -2.72. The molecule has 2 aromatic carbocycles. The van der Waals surface area contributed by atoms with Crippen LogP contribution in [0.4, 0.5) is 0 Å². The number of alkyl halides is 1. The number of carbonyl (C=O) groups excluding carboxylic acids is 1. The van der Waals surface area contributed by atoms with Crippen molar-refractivity contribution < 1.29 is 9.53 Å². The maximum Gasteiger partial charge on any atom is 0.332 e. The van der Waals surface area contributed by atoms with E-state index in [4.69, 9.17) is 16.3 Å². The maximum atomic E-state index is 12.5. The molecule has 0 aliphatic rings. The lowest BCUT2D eigenvalue weighted by molar-refractivity contribution is -0.137. The minimum atomic E-state index is -1.06. The van der Waals surface area contributed by atoms with E-state index in [0.717, 1.165) is 36.0 Å². The van der Waals surface area contributed by atoms with Gasteiger partial charge >= 0.3 is 5.97 Å². The first-order chi connectivity index (χ1) is 17.0. The molecule has 3 rings (SSSR count). The summed E-state index contributed by atoms with van der Waals surface area (Å²) in [6.45, 7) is 5.91. The van der Waals surface area contributed by atoms with Gasteiger partial charge in [0.2, 0.25) is 0 Å². The molecule has 0 bridgehead atoms. The molecular formula is C30H37ClN2O2. The third kappa shape index (κ3) is 7.63. The molecule has 0 N–H and O–H groups in total. The Bertz CT molecular complexity index is 1070. The highest BCUT2D eigenvalue weighted by molar-refractivity contribution is 6.33. The molecule has 35 heavy (non-hydrogen) atoms. The average Bonchev–Trinajstić information content (AvgIpc) is 2.87. The van der Waals surface area contributed by atoms with Crippen LogP contribution >= 0.6 is 11.6 Å². The first-order valence-electron chi connectivity index (χ1n) is 12.9. The van der Waals surface area contributed by atoms with Crippen LogP contribution in [-0.4, -0.2) is 20.8 Å². The second kappa shape index (κ2) is 13.4. The maximum absolute atomic E-state index is 12.5. The summed E-state index contributed by atoms with van der Waals surface area (Å²) in [6, 6.07) is 16.7. The number of esters is 1. The molecule has 0 fully saturated rings. The lowest BCUT2D eigenvalue weighted by Gasteiger charge is -2.19. The van der Waals surface area contributed by atoms with Crippen molar-refractivity contribution in [2.24, 2.45) is 0 Å². The summed E-state index contributed by atoms with van der Waals surface area (Å²) in [5, 5.41) is 0. The van der Waals surface area contributed by atoms with E-state index >= 15 is 0 Å². The second-order valence-corrected chi connectivity index (χ2v) is 10.1. The minimum Gasteiger partial charge on any atom is -0.422 e. The van der Waals surface area contributed by atoms with Gasteiger partial charge in [0.15, 0.2) is 11.6 Å². The molecule has 0 radical (unpaired) electrons. The third-order valence-corrected chi connectivity index (χ3v) is 6.59. The monoisotopic (exact) mass is 492 g/mol. The molecule has 1 unspecified atom stereocenters. The Morgan fingerprint density at radius 2 is 1.57 bits per heavy atom. The van der Waals surface area contributed by atoms with Gasteiger partial charge in [-0.05, 0) is 42.9 Å². The first kappa shape index (κ1) is 26.9. The normalized spacial score (nSPS) is 12.8. The SMILES string of the molecule is CCCCCCCCc1cccc(-c2ccccc2)c1-c1ncc(OC(=O)C(C)(Cl)CCC)cn1. The van der Waals surface area contributed by atoms with Crippen molar-refractivity contribution in [3.05, 3.63) is 66.5 Å². The number of halogens is 1. The van der Waals surface area contributed by atoms with Crippen LogP contribution in [0.1, 0.15) is 77.7 Å². The summed E-state index contributed by atoms with van der Waals surface area (Å²) in [5.74, 6) is 0.453. The molecule has 0 saturated heterocycles. The zero-order valence-corrected chi connectivity index (χ0v) is 22.0. The van der Waals surface area contributed by atoms with Crippen molar-refractivity contribution in [1.82, 2.24) is 9.97 Å². The van der Waals surface area contributed by atoms with E-state index in [-0.39, 0.29) is 0 Å². The number of unbranched alkanes of at least 4 members (excludes halogenated alkanes) is 5. The van der Waals surface area contributed by atoms with E-state index in [1.165, 1.54) is 37.7 Å². The summed E-state index contributed by atoms with van der Waals surface area (Å²) in [7, 11) is 0. The number of aromatic nitrogens is 2. The number of hydrogen-bond acceptors (Lipinski definition) is 4. The smallest absolute Gasteiger partial charge is 0.332 e. The standard InChI is InChI=1S/C30H37ClN2O2/c1-4-6-7-8-9-11-17-24-18-14-19-26(23-15-12-10-13-16-23)27(24)28-32-21-25(22-33-28)35-29(34)30(3,31)20-5-2/h10,12-16,18-19,21-22H,4-9,11,17,20H2,1-3H3. The van der Waals surface area contributed by atoms with E-state index in [2.05, 4.69) is 47.2 Å². The molecule has 3 aromatic rings. The third-order valence-electron chi connectivity index (χ3n) is 6.24. The Morgan fingerprint density at radius 3 is 2.26 bits per heavy atom. The summed E-state index contributed by atoms with van der Waals surface area (Å²) >= 11 is 6.35. The molecule has 5 heteroatoms. The molecule has 0 saturated carbocycles. The van der Waals surface area contributed by atoms with Gasteiger partial charge in [0.05, 0.1) is 12.4 Å². The van der Waals surface area contributed by atoms with Gasteiger partial charge in [-0.25, -0.2) is 14.8 Å². The van der Waals surface area contributed by atoms with Crippen LogP contribution in [0, 0.1) is 0 Å². The van der Waals surface area contributed by atoms with Gasteiger partial charge in [0.1, 0.15) is 4.87 Å². The van der Waals surface area contributed by atoms with Gasteiger partial charge in [-0.1, -0.05) is 101 Å². The molecule has 4 nitrogen and oxygen atoms in total. The van der Waals surface area contributed by atoms with Gasteiger partial charge < -0.3 is 4.74 Å². The van der Waals surface area contributed by atoms with Crippen LogP contribution < -0.4 is 4.74 Å². The quantitative estimate of drug-likeness (QED) is 0.136. The number of hydrogen-bond donors (Lipinski definition) is 0. The number of benzene rings is 2. The highest BCUT2D eigenvalue weighted by Crippen LogP contribution is 2.34. The molecule has 0 spiro atoms. The summed E-state index contributed by atoms with van der Waals surface area (Å²) in [5.41, 5.74) is 4.51. The summed E-state index contributed by atoms with van der Waals surface area (Å²) < 4.78 is 5.48. The molecule has 1 atom stereocenters. The van der Waals surface area contributed by atoms with Gasteiger partial charge in [-0.15, -0.1) is 11.6 Å². The minimum absolute atomic E-state index is 0.302. The zero-order valence-electron chi connectivity index (χ0n) is 21.2. The molecule has 0 amide bonds. The number of nitrogens with zero attached hydrogens (tertiary/aromatic N) is 2. The number of carbonyl (C=O) groups is 1. The fraction of sp³-hybridized carbons (Fsp3) is 0.433. The largest absolute Gasteiger partial charge is 0.422 e. The summed E-state index contributed by atoms with van der Waals surface area (Å²) in [6.07, 6.45) is 12.9. The van der Waals surface area contributed by atoms with Gasteiger partial charge in [-0.2, -0.15) is 0 Å². The number of rotatable bonds is 13. The fourth-order valence-electron chi connectivity index (χ4n) is 4.31. The van der Waals surface area contributed by atoms with Crippen molar-refractivity contribution in [3.8, 4) is 28.3 Å². The Morgan fingerprint density at radius 1 is 0.886 bits per heavy atom. The predicted octanol–water partition coefficient (Wildman–Crippen LogP) is 8.42. The van der Waals surface area contributed by atoms with Crippen molar-refractivity contribution in [1.29, 1.82) is 0 Å². The van der Waals surface area contributed by atoms with Crippen molar-refractivity contribution in [2.75, 3.05) is 0 Å². The van der Waals surface area contributed by atoms with Crippen LogP contribution in [0.25, 0.3) is 22.5 Å². The van der Waals surface area contributed by atoms with Crippen LogP contribution in [0.2, 0.25) is 0 Å². The highest BCUT2D eigenvalue weighted by Gasteiger charge is 2.32. The molecular weight excluding hydrogens is 456 g/mol. The topological polar surface area (TPSA) is 52.1 Å². The lowest BCUT2D eigenvalue weighted by atomic mass is 9.92. The molecule has 0 aliphatic carbocycles. The predicted molar refractivity (Wildman–Crippen MR) is 145 cm³/mol. The number of aryl methyl sites for hydroxylation is 1. The van der Waals surface area contributed by atoms with E-state index in [1.54, 1.807) is 19.3 Å². The molecule has 0 aliphatic heterocycles. The summed E-state index contributed by atoms with van der Waals surface area (Å²) in [4.78, 5) is 20.6. The Balaban J connectivity index is 1.86. The van der Waals surface area contributed by atoms with Crippen molar-refractivity contribution in [2.45, 2.75) is 83.4 Å². The van der Waals surface area contributed by atoms with E-state index in [0.29, 0.717) is 18.0 Å². The van der Waals surface area contributed by atoms with Crippen LogP contribution in [0.5, 0.6) is 5.75 Å². The number of ether oxygens (including phenoxy) is 1. The van der Waals surface area contributed by atoms with Gasteiger partial charge in [0, 0.05) is 5.56 Å². The van der Waals surface area contributed by atoms with E-state index in [1.807, 2.05) is 25.1 Å². The van der Waals surface area contributed by atoms with Crippen LogP contribution in [-0.2, 0) is 11.2 Å². The van der Waals surface area contributed by atoms with E-state index < -0.39 is 10.8 Å². The molecule has 1 heterocycles. The first-order valence-corrected chi connectivity index (χ1v) is 13.2. The molecule has 186 valence electrons. The Kier molecular flexibility index (Phi) is 10.3. The van der Waals surface area contributed by atoms with Crippen LogP contribution in [0.3, 0.4) is 0 Å². The second-order valence-electron chi connectivity index (χ2n) is 9.30. The fourth-order valence-corrected chi connectivity index (χ4v) is 4.54. The lowest BCUT2D eigenvalue weighted by Crippen LogP contribution is -2.33. The van der Waals surface area contributed by atoms with Gasteiger partial charge in [0.25, 0.3) is 0 Å². The van der Waals surface area contributed by atoms with Crippen LogP contribution in [0.15, 0.2) is 60.9 Å². The molecule has 1 aromatic heterocycles. The van der Waals surface area contributed by atoms with E-state index in [9.17, 15) is 4.79 Å².